The minimum Gasteiger partial charge on any atom is -0.444 e. The van der Waals surface area contributed by atoms with Crippen molar-refractivity contribution in [3.05, 3.63) is 66.5 Å². The third kappa shape index (κ3) is 9.71. The summed E-state index contributed by atoms with van der Waals surface area (Å²) < 4.78 is 5.38. The molecular weight excluding hydrogens is 674 g/mol. The van der Waals surface area contributed by atoms with Crippen molar-refractivity contribution in [2.75, 3.05) is 49.6 Å². The summed E-state index contributed by atoms with van der Waals surface area (Å²) in [6.07, 6.45) is 6.12. The number of tetrazole rings is 1. The fourth-order valence-corrected chi connectivity index (χ4v) is 6.93. The molecule has 6 rings (SSSR count). The summed E-state index contributed by atoms with van der Waals surface area (Å²) in [6.45, 7) is 9.63. The Hall–Kier alpha value is -5.44. The van der Waals surface area contributed by atoms with Crippen LogP contribution in [-0.2, 0) is 20.7 Å². The van der Waals surface area contributed by atoms with E-state index in [2.05, 4.69) is 52.8 Å². The van der Waals surface area contributed by atoms with E-state index in [4.69, 9.17) is 10.5 Å². The summed E-state index contributed by atoms with van der Waals surface area (Å²) in [4.78, 5) is 55.4. The molecule has 3 heterocycles. The van der Waals surface area contributed by atoms with Crippen molar-refractivity contribution >= 4 is 29.5 Å². The van der Waals surface area contributed by atoms with E-state index in [0.29, 0.717) is 42.4 Å². The smallest absolute Gasteiger partial charge is 0.407 e. The van der Waals surface area contributed by atoms with Gasteiger partial charge >= 0.3 is 6.09 Å². The van der Waals surface area contributed by atoms with Gasteiger partial charge in [0.25, 0.3) is 0 Å². The molecule has 1 aliphatic heterocycles. The molecule has 0 unspecified atom stereocenters. The first-order valence-corrected chi connectivity index (χ1v) is 18.2. The van der Waals surface area contributed by atoms with Crippen molar-refractivity contribution in [1.29, 1.82) is 0 Å². The molecule has 15 nitrogen and oxygen atoms in total. The van der Waals surface area contributed by atoms with Crippen LogP contribution in [0.4, 0.5) is 16.4 Å². The number of anilines is 2. The number of nitrogens with one attached hydrogen (secondary N) is 2. The number of aromatic nitrogens is 6. The van der Waals surface area contributed by atoms with E-state index in [1.54, 1.807) is 29.2 Å². The topological polar surface area (TPSA) is 188 Å². The first kappa shape index (κ1) is 37.3. The molecule has 0 spiro atoms. The summed E-state index contributed by atoms with van der Waals surface area (Å²) >= 11 is 0. The lowest BCUT2D eigenvalue weighted by Crippen LogP contribution is -2.52. The molecule has 2 fully saturated rings. The van der Waals surface area contributed by atoms with Crippen LogP contribution in [0.3, 0.4) is 0 Å². The molecule has 1 saturated carbocycles. The fourth-order valence-electron chi connectivity index (χ4n) is 6.93. The van der Waals surface area contributed by atoms with Crippen molar-refractivity contribution in [2.45, 2.75) is 64.5 Å². The van der Waals surface area contributed by atoms with Gasteiger partial charge in [-0.05, 0) is 100 Å². The van der Waals surface area contributed by atoms with E-state index in [1.807, 2.05) is 57.4 Å². The van der Waals surface area contributed by atoms with E-state index in [9.17, 15) is 14.4 Å². The third-order valence-corrected chi connectivity index (χ3v) is 9.87. The predicted octanol–water partition coefficient (Wildman–Crippen LogP) is 3.84. The number of H-pyrrole nitrogens is 1. The minimum atomic E-state index is -0.962. The first-order chi connectivity index (χ1) is 25.4. The average Bonchev–Trinajstić information content (AvgIpc) is 3.69. The highest BCUT2D eigenvalue weighted by Crippen LogP contribution is 2.33. The number of nitrogens with zero attached hydrogens (tertiary/aromatic N) is 8. The number of carbonyl (C=O) groups is 3. The molecule has 4 N–H and O–H groups in total. The lowest BCUT2D eigenvalue weighted by molar-refractivity contribution is -0.127. The Labute approximate surface area is 309 Å². The van der Waals surface area contributed by atoms with Crippen LogP contribution in [0.5, 0.6) is 0 Å². The van der Waals surface area contributed by atoms with Gasteiger partial charge < -0.3 is 25.6 Å². The molecule has 1 saturated heterocycles. The van der Waals surface area contributed by atoms with Gasteiger partial charge in [0.1, 0.15) is 11.6 Å². The minimum absolute atomic E-state index is 0.163. The van der Waals surface area contributed by atoms with Crippen molar-refractivity contribution in [3.63, 3.8) is 0 Å². The van der Waals surface area contributed by atoms with E-state index in [1.165, 1.54) is 0 Å². The summed E-state index contributed by atoms with van der Waals surface area (Å²) in [5.41, 5.74) is 9.39. The van der Waals surface area contributed by atoms with Crippen LogP contribution >= 0.6 is 0 Å². The third-order valence-electron chi connectivity index (χ3n) is 9.87. The number of rotatable bonds is 11. The standard InChI is InChI=1S/C38H49N11O4/c1-38(2,3)53-37(52)42-22-25-8-10-28(11-9-25)35(51)49(31-14-12-27(13-15-31)34-43-45-46-44-34)32(33(39)50)21-26-6-5-7-29(20-26)30-23-40-36(41-24-30)48-18-16-47(4)17-19-48/h5-7,12-15,20,23-25,28,32H,8-11,16-19,21-22H2,1-4H3,(H2,39,50)(H,42,52)(H,43,44,45,46)/t25?,28?,32-/m0/s1. The maximum absolute atomic E-state index is 14.5. The monoisotopic (exact) mass is 723 g/mol. The summed E-state index contributed by atoms with van der Waals surface area (Å²) in [5, 5.41) is 17.1. The maximum Gasteiger partial charge on any atom is 0.407 e. The quantitative estimate of drug-likeness (QED) is 0.204. The molecule has 0 bridgehead atoms. The Balaban J connectivity index is 1.20. The van der Waals surface area contributed by atoms with Crippen LogP contribution in [0, 0.1) is 11.8 Å². The van der Waals surface area contributed by atoms with Gasteiger partial charge in [0, 0.05) is 74.3 Å². The number of likely N-dealkylation sites (N-methyl/N-ethyl adjacent to an activating group) is 1. The first-order valence-electron chi connectivity index (χ1n) is 18.2. The van der Waals surface area contributed by atoms with Crippen LogP contribution in [0.25, 0.3) is 22.5 Å². The van der Waals surface area contributed by atoms with Crippen molar-refractivity contribution in [2.24, 2.45) is 17.6 Å². The van der Waals surface area contributed by atoms with Gasteiger partial charge in [-0.1, -0.05) is 24.3 Å². The maximum atomic E-state index is 14.5. The Bertz CT molecular complexity index is 1830. The molecule has 1 aliphatic carbocycles. The molecule has 2 aliphatic rings. The lowest BCUT2D eigenvalue weighted by Gasteiger charge is -2.36. The summed E-state index contributed by atoms with van der Waals surface area (Å²) in [5.74, 6) is 0.235. The van der Waals surface area contributed by atoms with Gasteiger partial charge in [-0.25, -0.2) is 14.8 Å². The molecule has 2 aromatic carbocycles. The lowest BCUT2D eigenvalue weighted by atomic mass is 9.81. The zero-order chi connectivity index (χ0) is 37.5. The Morgan fingerprint density at radius 1 is 0.962 bits per heavy atom. The Morgan fingerprint density at radius 3 is 2.28 bits per heavy atom. The van der Waals surface area contributed by atoms with Gasteiger partial charge in [-0.2, -0.15) is 5.21 Å². The van der Waals surface area contributed by atoms with E-state index in [-0.39, 0.29) is 24.2 Å². The van der Waals surface area contributed by atoms with Crippen LogP contribution in [-0.4, -0.2) is 105 Å². The zero-order valence-electron chi connectivity index (χ0n) is 30.9. The number of benzene rings is 2. The number of aromatic amines is 1. The molecule has 280 valence electrons. The van der Waals surface area contributed by atoms with Gasteiger partial charge in [0.05, 0.1) is 0 Å². The molecular formula is C38H49N11O4. The number of hydrogen-bond donors (Lipinski definition) is 3. The van der Waals surface area contributed by atoms with Gasteiger partial charge in [-0.3, -0.25) is 14.5 Å². The highest BCUT2D eigenvalue weighted by Gasteiger charge is 2.36. The van der Waals surface area contributed by atoms with Crippen molar-refractivity contribution < 1.29 is 19.1 Å². The van der Waals surface area contributed by atoms with Crippen LogP contribution < -0.4 is 20.9 Å². The molecule has 1 atom stereocenters. The number of ether oxygens (including phenoxy) is 1. The number of piperazine rings is 1. The fraction of sp³-hybridized carbons (Fsp3) is 0.474. The molecule has 3 amide bonds. The molecule has 53 heavy (non-hydrogen) atoms. The number of nitrogens with two attached hydrogens (primary N) is 1. The second kappa shape index (κ2) is 16.5. The molecule has 0 radical (unpaired) electrons. The Morgan fingerprint density at radius 2 is 1.66 bits per heavy atom. The van der Waals surface area contributed by atoms with Gasteiger partial charge in [-0.15, -0.1) is 10.2 Å². The number of alkyl carbamates (subject to hydrolysis) is 1. The largest absolute Gasteiger partial charge is 0.444 e. The Kier molecular flexibility index (Phi) is 11.6. The van der Waals surface area contributed by atoms with E-state index >= 15 is 0 Å². The van der Waals surface area contributed by atoms with Gasteiger partial charge in [0.2, 0.25) is 23.6 Å². The summed E-state index contributed by atoms with van der Waals surface area (Å²) in [7, 11) is 2.11. The van der Waals surface area contributed by atoms with Crippen molar-refractivity contribution in [3.8, 4) is 22.5 Å². The van der Waals surface area contributed by atoms with Crippen molar-refractivity contribution in [1.82, 2.24) is 40.8 Å². The molecule has 15 heteroatoms. The molecule has 4 aromatic rings. The van der Waals surface area contributed by atoms with Crippen LogP contribution in [0.1, 0.15) is 52.0 Å². The van der Waals surface area contributed by atoms with E-state index in [0.717, 1.165) is 55.7 Å². The number of hydrogen-bond acceptors (Lipinski definition) is 11. The van der Waals surface area contributed by atoms with Crippen LogP contribution in [0.15, 0.2) is 60.9 Å². The summed E-state index contributed by atoms with van der Waals surface area (Å²) in [6, 6.07) is 14.0. The number of carbonyl (C=O) groups excluding carboxylic acids is 3. The predicted molar refractivity (Wildman–Crippen MR) is 201 cm³/mol. The number of primary amides is 1. The van der Waals surface area contributed by atoms with E-state index < -0.39 is 23.6 Å². The normalized spacial score (nSPS) is 18.6. The van der Waals surface area contributed by atoms with Gasteiger partial charge in [0.15, 0.2) is 0 Å². The van der Waals surface area contributed by atoms with Crippen LogP contribution in [0.2, 0.25) is 0 Å². The SMILES string of the molecule is CN1CCN(c2ncc(-c3cccc(C[C@@H](C(N)=O)N(C(=O)C4CCC(CNC(=O)OC(C)(C)C)CC4)c4ccc(-c5nn[nH]n5)cc4)c3)cn2)CC1. The average molecular weight is 724 g/mol. The highest BCUT2D eigenvalue weighted by atomic mass is 16.6. The second-order valence-electron chi connectivity index (χ2n) is 15.0. The highest BCUT2D eigenvalue weighted by molar-refractivity contribution is 6.01. The molecule has 2 aromatic heterocycles. The zero-order valence-corrected chi connectivity index (χ0v) is 30.9. The second-order valence-corrected chi connectivity index (χ2v) is 15.0. The number of amides is 3.